The Balaban J connectivity index is 1.75. The summed E-state index contributed by atoms with van der Waals surface area (Å²) in [6.07, 6.45) is 3.04. The number of nitrogens with one attached hydrogen (secondary N) is 2. The number of ether oxygens (including phenoxy) is 1. The summed E-state index contributed by atoms with van der Waals surface area (Å²) in [6.45, 7) is 9.18. The third-order valence-corrected chi connectivity index (χ3v) is 4.52. The monoisotopic (exact) mass is 254 g/mol. The van der Waals surface area contributed by atoms with Crippen molar-refractivity contribution in [3.05, 3.63) is 0 Å². The maximum Gasteiger partial charge on any atom is 0.220 e. The van der Waals surface area contributed by atoms with E-state index in [1.165, 1.54) is 0 Å². The summed E-state index contributed by atoms with van der Waals surface area (Å²) in [7, 11) is 0. The van der Waals surface area contributed by atoms with E-state index < -0.39 is 0 Å². The molecule has 3 unspecified atom stereocenters. The van der Waals surface area contributed by atoms with Crippen LogP contribution in [0, 0.1) is 11.3 Å². The predicted octanol–water partition coefficient (Wildman–Crippen LogP) is 1.31. The van der Waals surface area contributed by atoms with Gasteiger partial charge in [-0.3, -0.25) is 4.79 Å². The Hall–Kier alpha value is -0.610. The standard InChI is InChI=1S/C14H26N2O2/c1-4-18-12-8-11(14(12,2)3)16-13(17)7-10-5-6-15-9-10/h10-12,15H,4-9H2,1-3H3,(H,16,17). The number of carbonyl (C=O) groups excluding carboxylic acids is 1. The maximum absolute atomic E-state index is 12.0. The van der Waals surface area contributed by atoms with E-state index in [4.69, 9.17) is 4.74 Å². The topological polar surface area (TPSA) is 50.4 Å². The van der Waals surface area contributed by atoms with Crippen molar-refractivity contribution in [1.29, 1.82) is 0 Å². The van der Waals surface area contributed by atoms with Gasteiger partial charge in [-0.05, 0) is 38.8 Å². The van der Waals surface area contributed by atoms with Gasteiger partial charge < -0.3 is 15.4 Å². The smallest absolute Gasteiger partial charge is 0.220 e. The fourth-order valence-electron chi connectivity index (χ4n) is 3.02. The van der Waals surface area contributed by atoms with E-state index in [9.17, 15) is 4.79 Å². The van der Waals surface area contributed by atoms with E-state index in [0.717, 1.165) is 32.5 Å². The predicted molar refractivity (Wildman–Crippen MR) is 71.3 cm³/mol. The lowest BCUT2D eigenvalue weighted by Crippen LogP contribution is -2.62. The zero-order chi connectivity index (χ0) is 13.2. The first-order valence-electron chi connectivity index (χ1n) is 7.15. The molecule has 0 bridgehead atoms. The van der Waals surface area contributed by atoms with Crippen molar-refractivity contribution in [2.24, 2.45) is 11.3 Å². The van der Waals surface area contributed by atoms with Gasteiger partial charge in [0.05, 0.1) is 6.10 Å². The second-order valence-corrected chi connectivity index (χ2v) is 6.18. The van der Waals surface area contributed by atoms with Gasteiger partial charge in [-0.25, -0.2) is 0 Å². The molecule has 2 rings (SSSR count). The molecule has 4 heteroatoms. The summed E-state index contributed by atoms with van der Waals surface area (Å²) in [4.78, 5) is 12.0. The summed E-state index contributed by atoms with van der Waals surface area (Å²) in [5, 5.41) is 6.47. The summed E-state index contributed by atoms with van der Waals surface area (Å²) in [6, 6.07) is 0.274. The number of amides is 1. The molecule has 4 nitrogen and oxygen atoms in total. The average Bonchev–Trinajstić information content (AvgIpc) is 2.80. The molecule has 1 heterocycles. The normalized spacial score (nSPS) is 34.1. The first-order valence-corrected chi connectivity index (χ1v) is 7.15. The van der Waals surface area contributed by atoms with Crippen LogP contribution in [0.5, 0.6) is 0 Å². The molecule has 104 valence electrons. The van der Waals surface area contributed by atoms with Crippen molar-refractivity contribution >= 4 is 5.91 Å². The van der Waals surface area contributed by atoms with Crippen molar-refractivity contribution < 1.29 is 9.53 Å². The Labute approximate surface area is 110 Å². The number of rotatable bonds is 5. The third-order valence-electron chi connectivity index (χ3n) is 4.52. The van der Waals surface area contributed by atoms with Crippen LogP contribution in [0.4, 0.5) is 0 Å². The zero-order valence-corrected chi connectivity index (χ0v) is 11.8. The highest BCUT2D eigenvalue weighted by Crippen LogP contribution is 2.42. The van der Waals surface area contributed by atoms with Crippen LogP contribution in [0.1, 0.15) is 40.0 Å². The molecular weight excluding hydrogens is 228 g/mol. The van der Waals surface area contributed by atoms with Gasteiger partial charge in [0, 0.05) is 24.5 Å². The second-order valence-electron chi connectivity index (χ2n) is 6.18. The van der Waals surface area contributed by atoms with Gasteiger partial charge in [0.1, 0.15) is 0 Å². The van der Waals surface area contributed by atoms with Crippen molar-refractivity contribution in [1.82, 2.24) is 10.6 Å². The molecule has 1 saturated carbocycles. The molecule has 0 aromatic heterocycles. The Morgan fingerprint density at radius 3 is 2.83 bits per heavy atom. The fraction of sp³-hybridized carbons (Fsp3) is 0.929. The molecule has 1 saturated heterocycles. The van der Waals surface area contributed by atoms with E-state index >= 15 is 0 Å². The van der Waals surface area contributed by atoms with Crippen molar-refractivity contribution in [3.63, 3.8) is 0 Å². The molecule has 1 amide bonds. The van der Waals surface area contributed by atoms with Crippen LogP contribution in [0.3, 0.4) is 0 Å². The number of hydrogen-bond donors (Lipinski definition) is 2. The zero-order valence-electron chi connectivity index (χ0n) is 11.8. The van der Waals surface area contributed by atoms with Crippen LogP contribution < -0.4 is 10.6 Å². The minimum absolute atomic E-state index is 0.0690. The van der Waals surface area contributed by atoms with E-state index in [-0.39, 0.29) is 17.4 Å². The minimum atomic E-state index is 0.0690. The van der Waals surface area contributed by atoms with Gasteiger partial charge in [0.15, 0.2) is 0 Å². The molecule has 0 aromatic carbocycles. The molecule has 18 heavy (non-hydrogen) atoms. The number of hydrogen-bond acceptors (Lipinski definition) is 3. The largest absolute Gasteiger partial charge is 0.378 e. The Bertz CT molecular complexity index is 298. The average molecular weight is 254 g/mol. The molecule has 3 atom stereocenters. The SMILES string of the molecule is CCOC1CC(NC(=O)CC2CCNC2)C1(C)C. The van der Waals surface area contributed by atoms with Gasteiger partial charge in [0.2, 0.25) is 5.91 Å². The molecule has 0 aromatic rings. The third kappa shape index (κ3) is 2.86. The molecular formula is C14H26N2O2. The maximum atomic E-state index is 12.0. The van der Waals surface area contributed by atoms with Gasteiger partial charge in [-0.15, -0.1) is 0 Å². The van der Waals surface area contributed by atoms with Crippen LogP contribution in [0.25, 0.3) is 0 Å². The van der Waals surface area contributed by atoms with Crippen molar-refractivity contribution in [2.75, 3.05) is 19.7 Å². The molecule has 0 spiro atoms. The lowest BCUT2D eigenvalue weighted by Gasteiger charge is -2.51. The van der Waals surface area contributed by atoms with E-state index in [1.54, 1.807) is 0 Å². The highest BCUT2D eigenvalue weighted by atomic mass is 16.5. The summed E-state index contributed by atoms with van der Waals surface area (Å²) in [5.41, 5.74) is 0.0690. The van der Waals surface area contributed by atoms with Crippen LogP contribution in [-0.2, 0) is 9.53 Å². The lowest BCUT2D eigenvalue weighted by atomic mass is 9.64. The van der Waals surface area contributed by atoms with Gasteiger partial charge in [-0.2, -0.15) is 0 Å². The Morgan fingerprint density at radius 1 is 1.50 bits per heavy atom. The van der Waals surface area contributed by atoms with Crippen LogP contribution >= 0.6 is 0 Å². The molecule has 2 aliphatic rings. The fourth-order valence-corrected chi connectivity index (χ4v) is 3.02. The summed E-state index contributed by atoms with van der Waals surface area (Å²) >= 11 is 0. The van der Waals surface area contributed by atoms with Crippen LogP contribution in [-0.4, -0.2) is 37.7 Å². The number of carbonyl (C=O) groups is 1. The van der Waals surface area contributed by atoms with E-state index in [2.05, 4.69) is 24.5 Å². The molecule has 2 fully saturated rings. The van der Waals surface area contributed by atoms with Crippen molar-refractivity contribution in [3.8, 4) is 0 Å². The quantitative estimate of drug-likeness (QED) is 0.777. The minimum Gasteiger partial charge on any atom is -0.378 e. The Kier molecular flexibility index (Phi) is 4.28. The molecule has 1 aliphatic carbocycles. The first kappa shape index (κ1) is 13.8. The van der Waals surface area contributed by atoms with Crippen molar-refractivity contribution in [2.45, 2.75) is 52.2 Å². The Morgan fingerprint density at radius 2 is 2.28 bits per heavy atom. The van der Waals surface area contributed by atoms with E-state index in [1.807, 2.05) is 6.92 Å². The van der Waals surface area contributed by atoms with Gasteiger partial charge in [0.25, 0.3) is 0 Å². The molecule has 2 N–H and O–H groups in total. The van der Waals surface area contributed by atoms with Crippen LogP contribution in [0.15, 0.2) is 0 Å². The van der Waals surface area contributed by atoms with Gasteiger partial charge >= 0.3 is 0 Å². The lowest BCUT2D eigenvalue weighted by molar-refractivity contribution is -0.137. The summed E-state index contributed by atoms with van der Waals surface area (Å²) < 4.78 is 5.68. The highest BCUT2D eigenvalue weighted by Gasteiger charge is 2.49. The molecule has 1 aliphatic heterocycles. The van der Waals surface area contributed by atoms with Gasteiger partial charge in [-0.1, -0.05) is 13.8 Å². The second kappa shape index (κ2) is 5.57. The highest BCUT2D eigenvalue weighted by molar-refractivity contribution is 5.76. The summed E-state index contributed by atoms with van der Waals surface area (Å²) in [5.74, 6) is 0.729. The van der Waals surface area contributed by atoms with Crippen LogP contribution in [0.2, 0.25) is 0 Å². The first-order chi connectivity index (χ1) is 8.54. The van der Waals surface area contributed by atoms with E-state index in [0.29, 0.717) is 18.4 Å². The molecule has 0 radical (unpaired) electrons.